The monoisotopic (exact) mass is 471 g/mol. The fourth-order valence-electron chi connectivity index (χ4n) is 3.23. The number of nitriles is 1. The first-order chi connectivity index (χ1) is 16.2. The quantitative estimate of drug-likeness (QED) is 0.442. The van der Waals surface area contributed by atoms with E-state index in [-0.39, 0.29) is 39.5 Å². The van der Waals surface area contributed by atoms with Gasteiger partial charge < -0.3 is 15.2 Å². The number of aliphatic hydroxyl groups is 1. The van der Waals surface area contributed by atoms with E-state index in [2.05, 4.69) is 20.5 Å². The zero-order valence-electron chi connectivity index (χ0n) is 17.5. The average Bonchev–Trinajstić information content (AvgIpc) is 3.42. The van der Waals surface area contributed by atoms with Crippen LogP contribution < -0.4 is 10.1 Å². The number of rotatable bonds is 6. The second-order valence-electron chi connectivity index (χ2n) is 7.10. The van der Waals surface area contributed by atoms with Gasteiger partial charge in [-0.1, -0.05) is 0 Å². The SMILES string of the molecule is COc1ccc(C#N)cc1-c1nn(C[C@@H](O)C(F)(F)F)cc1NC(=O)c1cnn2cccnc12. The van der Waals surface area contributed by atoms with Gasteiger partial charge in [0.1, 0.15) is 17.0 Å². The summed E-state index contributed by atoms with van der Waals surface area (Å²) >= 11 is 0. The third kappa shape index (κ3) is 4.39. The summed E-state index contributed by atoms with van der Waals surface area (Å²) in [4.78, 5) is 17.1. The number of aliphatic hydroxyl groups excluding tert-OH is 1. The number of halogens is 3. The van der Waals surface area contributed by atoms with Gasteiger partial charge in [0, 0.05) is 24.2 Å². The van der Waals surface area contributed by atoms with E-state index in [4.69, 9.17) is 4.74 Å². The molecular weight excluding hydrogens is 455 g/mol. The van der Waals surface area contributed by atoms with Crippen molar-refractivity contribution in [2.45, 2.75) is 18.8 Å². The molecule has 2 N–H and O–H groups in total. The highest BCUT2D eigenvalue weighted by molar-refractivity contribution is 6.09. The van der Waals surface area contributed by atoms with Crippen LogP contribution in [-0.4, -0.2) is 54.8 Å². The van der Waals surface area contributed by atoms with E-state index in [1.807, 2.05) is 6.07 Å². The van der Waals surface area contributed by atoms with Gasteiger partial charge in [-0.25, -0.2) is 9.50 Å². The Morgan fingerprint density at radius 1 is 1.38 bits per heavy atom. The maximum Gasteiger partial charge on any atom is 0.416 e. The Morgan fingerprint density at radius 2 is 2.18 bits per heavy atom. The summed E-state index contributed by atoms with van der Waals surface area (Å²) in [6, 6.07) is 8.02. The predicted molar refractivity (Wildman–Crippen MR) is 112 cm³/mol. The van der Waals surface area contributed by atoms with Gasteiger partial charge in [0.2, 0.25) is 0 Å². The number of ether oxygens (including phenoxy) is 1. The second-order valence-corrected chi connectivity index (χ2v) is 7.10. The van der Waals surface area contributed by atoms with E-state index in [1.54, 1.807) is 12.3 Å². The molecule has 0 saturated heterocycles. The number of alkyl halides is 3. The van der Waals surface area contributed by atoms with E-state index in [1.165, 1.54) is 42.2 Å². The first-order valence-electron chi connectivity index (χ1n) is 9.71. The lowest BCUT2D eigenvalue weighted by Gasteiger charge is -2.14. The molecule has 1 atom stereocenters. The number of carbonyl (C=O) groups excluding carboxylic acids is 1. The van der Waals surface area contributed by atoms with Crippen LogP contribution in [0.25, 0.3) is 16.9 Å². The standard InChI is InChI=1S/C21H16F3N7O3/c1-34-16-4-3-12(8-25)7-13(16)18-15(10-30(29-18)11-17(32)21(22,23)24)28-20(33)14-9-27-31-6-2-5-26-19(14)31/h2-7,9-10,17,32H,11H2,1H3,(H,28,33)/t17-/m1/s1. The summed E-state index contributed by atoms with van der Waals surface area (Å²) in [5, 5.41) is 29.5. The molecular formula is C21H16F3N7O3. The summed E-state index contributed by atoms with van der Waals surface area (Å²) in [6.07, 6.45) is -2.02. The number of hydrogen-bond acceptors (Lipinski definition) is 7. The van der Waals surface area contributed by atoms with Gasteiger partial charge in [0.15, 0.2) is 11.8 Å². The Bertz CT molecular complexity index is 1400. The van der Waals surface area contributed by atoms with Gasteiger partial charge in [0.05, 0.1) is 37.2 Å². The van der Waals surface area contributed by atoms with Crippen LogP contribution in [0.1, 0.15) is 15.9 Å². The van der Waals surface area contributed by atoms with Crippen molar-refractivity contribution < 1.29 is 27.8 Å². The lowest BCUT2D eigenvalue weighted by atomic mass is 10.1. The number of hydrogen-bond donors (Lipinski definition) is 2. The van der Waals surface area contributed by atoms with E-state index >= 15 is 0 Å². The minimum absolute atomic E-state index is 0.0306. The number of nitrogens with zero attached hydrogens (tertiary/aromatic N) is 6. The fraction of sp³-hybridized carbons (Fsp3) is 0.190. The Kier molecular flexibility index (Phi) is 5.91. The number of aromatic nitrogens is 5. The Hall–Kier alpha value is -4.44. The van der Waals surface area contributed by atoms with Crippen molar-refractivity contribution in [1.29, 1.82) is 5.26 Å². The molecule has 0 aliphatic heterocycles. The van der Waals surface area contributed by atoms with Crippen LogP contribution in [-0.2, 0) is 6.54 Å². The van der Waals surface area contributed by atoms with Crippen molar-refractivity contribution in [2.24, 2.45) is 0 Å². The molecule has 13 heteroatoms. The van der Waals surface area contributed by atoms with Crippen LogP contribution in [0.3, 0.4) is 0 Å². The van der Waals surface area contributed by atoms with Gasteiger partial charge in [-0.15, -0.1) is 0 Å². The van der Waals surface area contributed by atoms with E-state index in [0.29, 0.717) is 0 Å². The van der Waals surface area contributed by atoms with Crippen LogP contribution in [0.15, 0.2) is 49.1 Å². The maximum atomic E-state index is 13.0. The summed E-state index contributed by atoms with van der Waals surface area (Å²) < 4.78 is 46.2. The number of nitrogens with one attached hydrogen (secondary N) is 1. The van der Waals surface area contributed by atoms with Crippen molar-refractivity contribution in [1.82, 2.24) is 24.4 Å². The van der Waals surface area contributed by atoms with E-state index in [0.717, 1.165) is 10.9 Å². The van der Waals surface area contributed by atoms with Crippen molar-refractivity contribution in [2.75, 3.05) is 12.4 Å². The van der Waals surface area contributed by atoms with Crippen LogP contribution in [0.4, 0.5) is 18.9 Å². The van der Waals surface area contributed by atoms with E-state index < -0.39 is 24.7 Å². The molecule has 0 aliphatic carbocycles. The zero-order valence-corrected chi connectivity index (χ0v) is 17.5. The minimum atomic E-state index is -4.86. The topological polar surface area (TPSA) is 130 Å². The number of benzene rings is 1. The highest BCUT2D eigenvalue weighted by atomic mass is 19.4. The molecule has 0 aliphatic rings. The number of carbonyl (C=O) groups is 1. The molecule has 174 valence electrons. The summed E-state index contributed by atoms with van der Waals surface area (Å²) in [5.41, 5.74) is 0.960. The molecule has 10 nitrogen and oxygen atoms in total. The first kappa shape index (κ1) is 22.7. The van der Waals surface area contributed by atoms with Gasteiger partial charge >= 0.3 is 6.18 Å². The van der Waals surface area contributed by atoms with Gasteiger partial charge in [0.25, 0.3) is 5.91 Å². The zero-order chi connectivity index (χ0) is 24.5. The lowest BCUT2D eigenvalue weighted by Crippen LogP contribution is -2.32. The van der Waals surface area contributed by atoms with E-state index in [9.17, 15) is 28.3 Å². The Labute approximate surface area is 189 Å². The maximum absolute atomic E-state index is 13.0. The van der Waals surface area contributed by atoms with Crippen molar-refractivity contribution in [3.63, 3.8) is 0 Å². The number of methoxy groups -OCH3 is 1. The number of amides is 1. The molecule has 4 aromatic rings. The molecule has 0 unspecified atom stereocenters. The number of fused-ring (bicyclic) bond motifs is 1. The third-order valence-corrected chi connectivity index (χ3v) is 4.86. The molecule has 1 aromatic carbocycles. The highest BCUT2D eigenvalue weighted by Gasteiger charge is 2.38. The molecule has 34 heavy (non-hydrogen) atoms. The minimum Gasteiger partial charge on any atom is -0.496 e. The molecule has 3 heterocycles. The number of anilines is 1. The highest BCUT2D eigenvalue weighted by Crippen LogP contribution is 2.35. The van der Waals surface area contributed by atoms with Crippen molar-refractivity contribution >= 4 is 17.2 Å². The Balaban J connectivity index is 1.78. The smallest absolute Gasteiger partial charge is 0.416 e. The predicted octanol–water partition coefficient (Wildman–Crippen LogP) is 2.65. The molecule has 3 aromatic heterocycles. The molecule has 0 radical (unpaired) electrons. The lowest BCUT2D eigenvalue weighted by molar-refractivity contribution is -0.208. The van der Waals surface area contributed by atoms with Gasteiger partial charge in [-0.3, -0.25) is 9.48 Å². The normalized spacial score (nSPS) is 12.4. The van der Waals surface area contributed by atoms with Crippen molar-refractivity contribution in [3.05, 3.63) is 60.2 Å². The first-order valence-corrected chi connectivity index (χ1v) is 9.71. The molecule has 0 bridgehead atoms. The van der Waals surface area contributed by atoms with Gasteiger partial charge in [-0.05, 0) is 24.3 Å². The summed E-state index contributed by atoms with van der Waals surface area (Å²) in [5.74, 6) is -0.366. The molecule has 0 saturated carbocycles. The molecule has 4 rings (SSSR count). The third-order valence-electron chi connectivity index (χ3n) is 4.86. The van der Waals surface area contributed by atoms with Crippen LogP contribution >= 0.6 is 0 Å². The molecule has 0 spiro atoms. The summed E-state index contributed by atoms with van der Waals surface area (Å²) in [7, 11) is 1.37. The summed E-state index contributed by atoms with van der Waals surface area (Å²) in [6.45, 7) is -0.912. The van der Waals surface area contributed by atoms with Crippen LogP contribution in [0.2, 0.25) is 0 Å². The Morgan fingerprint density at radius 3 is 2.88 bits per heavy atom. The second kappa shape index (κ2) is 8.83. The largest absolute Gasteiger partial charge is 0.496 e. The molecule has 0 fully saturated rings. The fourth-order valence-corrected chi connectivity index (χ4v) is 3.23. The average molecular weight is 471 g/mol. The van der Waals surface area contributed by atoms with Crippen LogP contribution in [0, 0.1) is 11.3 Å². The van der Waals surface area contributed by atoms with Gasteiger partial charge in [-0.2, -0.15) is 28.6 Å². The van der Waals surface area contributed by atoms with Crippen molar-refractivity contribution in [3.8, 4) is 23.1 Å². The van der Waals surface area contributed by atoms with Crippen LogP contribution in [0.5, 0.6) is 5.75 Å². The molecule has 1 amide bonds.